The summed E-state index contributed by atoms with van der Waals surface area (Å²) in [5.41, 5.74) is 2.73. The molecule has 1 heterocycles. The van der Waals surface area contributed by atoms with Gasteiger partial charge in [0.25, 0.3) is 0 Å². The molecule has 9 heteroatoms. The molecule has 0 radical (unpaired) electrons. The molecule has 1 amide bonds. The van der Waals surface area contributed by atoms with Crippen LogP contribution >= 0.6 is 35.0 Å². The van der Waals surface area contributed by atoms with E-state index in [2.05, 4.69) is 28.2 Å². The van der Waals surface area contributed by atoms with E-state index in [1.54, 1.807) is 24.3 Å². The minimum Gasteiger partial charge on any atom is -0.486 e. The van der Waals surface area contributed by atoms with Crippen molar-refractivity contribution >= 4 is 46.6 Å². The molecule has 31 heavy (non-hydrogen) atoms. The van der Waals surface area contributed by atoms with E-state index in [4.69, 9.17) is 27.9 Å². The third-order valence-electron chi connectivity index (χ3n) is 4.20. The maximum absolute atomic E-state index is 12.4. The molecular formula is C22H22Cl2N4O2S. The second kappa shape index (κ2) is 10.7. The summed E-state index contributed by atoms with van der Waals surface area (Å²) in [6.45, 7) is 8.60. The third-order valence-corrected chi connectivity index (χ3v) is 5.73. The fraction of sp³-hybridized carbons (Fsp3) is 0.227. The normalized spacial score (nSPS) is 10.7. The molecule has 0 bridgehead atoms. The van der Waals surface area contributed by atoms with Gasteiger partial charge in [-0.05, 0) is 55.3 Å². The van der Waals surface area contributed by atoms with Gasteiger partial charge in [0.2, 0.25) is 5.91 Å². The Kier molecular flexibility index (Phi) is 8.01. The van der Waals surface area contributed by atoms with Crippen LogP contribution in [0.4, 0.5) is 5.69 Å². The van der Waals surface area contributed by atoms with Crippen LogP contribution in [0.2, 0.25) is 10.0 Å². The number of hydrogen-bond acceptors (Lipinski definition) is 5. The van der Waals surface area contributed by atoms with E-state index < -0.39 is 0 Å². The highest BCUT2D eigenvalue weighted by molar-refractivity contribution is 7.99. The number of rotatable bonds is 9. The number of ether oxygens (including phenoxy) is 1. The van der Waals surface area contributed by atoms with Crippen molar-refractivity contribution in [3.8, 4) is 5.75 Å². The number of carbonyl (C=O) groups excluding carboxylic acids is 1. The average molecular weight is 477 g/mol. The summed E-state index contributed by atoms with van der Waals surface area (Å²) in [5.74, 6) is 1.34. The van der Waals surface area contributed by atoms with Gasteiger partial charge in [-0.15, -0.1) is 16.8 Å². The summed E-state index contributed by atoms with van der Waals surface area (Å²) in [7, 11) is 0. The van der Waals surface area contributed by atoms with Crippen molar-refractivity contribution in [2.75, 3.05) is 11.1 Å². The number of benzene rings is 2. The zero-order valence-corrected chi connectivity index (χ0v) is 19.5. The van der Waals surface area contributed by atoms with Gasteiger partial charge in [0.1, 0.15) is 12.4 Å². The lowest BCUT2D eigenvalue weighted by atomic mass is 10.1. The van der Waals surface area contributed by atoms with Crippen LogP contribution in [-0.4, -0.2) is 26.4 Å². The minimum atomic E-state index is -0.227. The Morgan fingerprint density at radius 3 is 2.65 bits per heavy atom. The lowest BCUT2D eigenvalue weighted by molar-refractivity contribution is -0.113. The number of thioether (sulfide) groups is 1. The van der Waals surface area contributed by atoms with E-state index in [0.29, 0.717) is 33.3 Å². The summed E-state index contributed by atoms with van der Waals surface area (Å²) < 4.78 is 7.78. The first-order valence-electron chi connectivity index (χ1n) is 9.47. The molecule has 3 rings (SSSR count). The van der Waals surface area contributed by atoms with Gasteiger partial charge < -0.3 is 10.1 Å². The molecule has 0 fully saturated rings. The molecule has 0 atom stereocenters. The second-order valence-electron chi connectivity index (χ2n) is 6.87. The van der Waals surface area contributed by atoms with Crippen molar-refractivity contribution in [3.05, 3.63) is 76.0 Å². The van der Waals surface area contributed by atoms with Gasteiger partial charge in [-0.2, -0.15) is 0 Å². The molecule has 2 aromatic carbocycles. The van der Waals surface area contributed by atoms with E-state index >= 15 is 0 Å². The van der Waals surface area contributed by atoms with Gasteiger partial charge in [-0.25, -0.2) is 0 Å². The van der Waals surface area contributed by atoms with E-state index in [9.17, 15) is 4.79 Å². The van der Waals surface area contributed by atoms with Gasteiger partial charge in [-0.1, -0.05) is 47.1 Å². The summed E-state index contributed by atoms with van der Waals surface area (Å²) in [5, 5.41) is 12.7. The van der Waals surface area contributed by atoms with Gasteiger partial charge in [0, 0.05) is 11.6 Å². The van der Waals surface area contributed by atoms with Gasteiger partial charge in [0.05, 0.1) is 16.5 Å². The summed E-state index contributed by atoms with van der Waals surface area (Å²) >= 11 is 13.3. The maximum Gasteiger partial charge on any atom is 0.234 e. The number of aryl methyl sites for hydroxylation is 2. The highest BCUT2D eigenvalue weighted by atomic mass is 35.5. The van der Waals surface area contributed by atoms with Crippen LogP contribution in [-0.2, 0) is 17.9 Å². The molecule has 0 saturated carbocycles. The number of nitrogens with one attached hydrogen (secondary N) is 1. The number of anilines is 1. The van der Waals surface area contributed by atoms with E-state index in [1.807, 2.05) is 30.5 Å². The standard InChI is InChI=1S/C22H22Cl2N4O2S/c1-4-7-28-20(12-30-17-9-14(2)8-15(3)10-17)26-27-22(28)31-13-21(29)25-19-11-16(23)5-6-18(19)24/h4-6,8-11H,1,7,12-13H2,2-3H3,(H,25,29). The third kappa shape index (κ3) is 6.50. The number of halogens is 2. The van der Waals surface area contributed by atoms with Crippen LogP contribution in [0.15, 0.2) is 54.2 Å². The fourth-order valence-electron chi connectivity index (χ4n) is 2.92. The zero-order chi connectivity index (χ0) is 22.4. The van der Waals surface area contributed by atoms with Crippen molar-refractivity contribution in [2.45, 2.75) is 32.2 Å². The molecule has 0 spiro atoms. The first-order valence-corrected chi connectivity index (χ1v) is 11.2. The summed E-state index contributed by atoms with van der Waals surface area (Å²) in [6.07, 6.45) is 1.75. The first kappa shape index (κ1) is 23.2. The van der Waals surface area contributed by atoms with Crippen molar-refractivity contribution in [3.63, 3.8) is 0 Å². The molecule has 0 aliphatic heterocycles. The Hall–Kier alpha value is -2.48. The van der Waals surface area contributed by atoms with E-state index in [1.165, 1.54) is 11.8 Å². The van der Waals surface area contributed by atoms with Crippen molar-refractivity contribution in [1.29, 1.82) is 0 Å². The monoisotopic (exact) mass is 476 g/mol. The number of aromatic nitrogens is 3. The Morgan fingerprint density at radius 2 is 1.94 bits per heavy atom. The molecule has 1 N–H and O–H groups in total. The smallest absolute Gasteiger partial charge is 0.234 e. The van der Waals surface area contributed by atoms with Crippen LogP contribution in [0.3, 0.4) is 0 Å². The molecule has 6 nitrogen and oxygen atoms in total. The van der Waals surface area contributed by atoms with Crippen LogP contribution < -0.4 is 10.1 Å². The number of amides is 1. The SMILES string of the molecule is C=CCn1c(COc2cc(C)cc(C)c2)nnc1SCC(=O)Nc1cc(Cl)ccc1Cl. The summed E-state index contributed by atoms with van der Waals surface area (Å²) in [6, 6.07) is 10.9. The largest absolute Gasteiger partial charge is 0.486 e. The van der Waals surface area contributed by atoms with Crippen LogP contribution in [0.5, 0.6) is 5.75 Å². The van der Waals surface area contributed by atoms with Crippen molar-refractivity contribution in [1.82, 2.24) is 14.8 Å². The lowest BCUT2D eigenvalue weighted by Crippen LogP contribution is -2.15. The quantitative estimate of drug-likeness (QED) is 0.316. The molecule has 0 aliphatic rings. The average Bonchev–Trinajstić information content (AvgIpc) is 3.09. The van der Waals surface area contributed by atoms with E-state index in [-0.39, 0.29) is 18.3 Å². The lowest BCUT2D eigenvalue weighted by Gasteiger charge is -2.10. The molecule has 3 aromatic rings. The molecule has 1 aromatic heterocycles. The Labute approximate surface area is 195 Å². The fourth-order valence-corrected chi connectivity index (χ4v) is 4.02. The highest BCUT2D eigenvalue weighted by Gasteiger charge is 2.15. The van der Waals surface area contributed by atoms with Crippen LogP contribution in [0.1, 0.15) is 17.0 Å². The molecule has 0 saturated heterocycles. The summed E-state index contributed by atoms with van der Waals surface area (Å²) in [4.78, 5) is 12.4. The van der Waals surface area contributed by atoms with Gasteiger partial charge in [-0.3, -0.25) is 9.36 Å². The predicted molar refractivity (Wildman–Crippen MR) is 126 cm³/mol. The highest BCUT2D eigenvalue weighted by Crippen LogP contribution is 2.26. The Bertz CT molecular complexity index is 1080. The predicted octanol–water partition coefficient (Wildman–Crippen LogP) is 5.70. The van der Waals surface area contributed by atoms with E-state index in [0.717, 1.165) is 16.9 Å². The van der Waals surface area contributed by atoms with Gasteiger partial charge >= 0.3 is 0 Å². The topological polar surface area (TPSA) is 69.0 Å². The first-order chi connectivity index (χ1) is 14.9. The number of hydrogen-bond donors (Lipinski definition) is 1. The molecule has 162 valence electrons. The zero-order valence-electron chi connectivity index (χ0n) is 17.2. The number of nitrogens with zero attached hydrogens (tertiary/aromatic N) is 3. The van der Waals surface area contributed by atoms with Crippen molar-refractivity contribution in [2.24, 2.45) is 0 Å². The number of carbonyl (C=O) groups is 1. The van der Waals surface area contributed by atoms with Crippen LogP contribution in [0, 0.1) is 13.8 Å². The van der Waals surface area contributed by atoms with Crippen LogP contribution in [0.25, 0.3) is 0 Å². The maximum atomic E-state index is 12.4. The minimum absolute atomic E-state index is 0.135. The number of allylic oxidation sites excluding steroid dienone is 1. The molecule has 0 unspecified atom stereocenters. The second-order valence-corrected chi connectivity index (χ2v) is 8.66. The molecular weight excluding hydrogens is 455 g/mol. The Morgan fingerprint density at radius 1 is 1.19 bits per heavy atom. The molecule has 0 aliphatic carbocycles. The van der Waals surface area contributed by atoms with Gasteiger partial charge in [0.15, 0.2) is 11.0 Å². The Balaban J connectivity index is 1.64. The van der Waals surface area contributed by atoms with Crippen molar-refractivity contribution < 1.29 is 9.53 Å².